The van der Waals surface area contributed by atoms with Crippen molar-refractivity contribution < 1.29 is 4.74 Å². The number of benzene rings is 1. The van der Waals surface area contributed by atoms with E-state index >= 15 is 0 Å². The molecule has 1 aliphatic carbocycles. The van der Waals surface area contributed by atoms with Gasteiger partial charge in [0.2, 0.25) is 0 Å². The Kier molecular flexibility index (Phi) is 4.01. The van der Waals surface area contributed by atoms with Gasteiger partial charge in [-0.1, -0.05) is 30.3 Å². The Morgan fingerprint density at radius 2 is 1.92 bits per heavy atom. The lowest BCUT2D eigenvalue weighted by atomic mass is 9.88. The third-order valence-corrected chi connectivity index (χ3v) is 4.50. The summed E-state index contributed by atoms with van der Waals surface area (Å²) in [5.41, 5.74) is 8.01. The number of imidazole rings is 1. The average Bonchev–Trinajstić information content (AvgIpc) is 3.03. The molecule has 0 radical (unpaired) electrons. The van der Waals surface area contributed by atoms with Crippen LogP contribution in [0.15, 0.2) is 61.1 Å². The van der Waals surface area contributed by atoms with E-state index in [1.807, 2.05) is 42.7 Å². The van der Waals surface area contributed by atoms with Gasteiger partial charge in [0.15, 0.2) is 0 Å². The molecule has 0 atom stereocenters. The van der Waals surface area contributed by atoms with Gasteiger partial charge in [-0.2, -0.15) is 0 Å². The molecule has 1 aliphatic rings. The SMILES string of the molecule is Nc1cc(-c2nccn2C2CC(OCc3ccccc3)C2)ccn1. The molecule has 1 saturated carbocycles. The van der Waals surface area contributed by atoms with Crippen molar-refractivity contribution in [3.63, 3.8) is 0 Å². The van der Waals surface area contributed by atoms with Crippen LogP contribution in [0.1, 0.15) is 24.4 Å². The minimum absolute atomic E-state index is 0.313. The first-order valence-electron chi connectivity index (χ1n) is 8.20. The lowest BCUT2D eigenvalue weighted by Gasteiger charge is -2.36. The lowest BCUT2D eigenvalue weighted by molar-refractivity contribution is -0.0353. The van der Waals surface area contributed by atoms with Gasteiger partial charge in [-0.05, 0) is 30.5 Å². The molecule has 0 bridgehead atoms. The lowest BCUT2D eigenvalue weighted by Crippen LogP contribution is -2.33. The number of pyridine rings is 1. The van der Waals surface area contributed by atoms with Crippen LogP contribution in [0.3, 0.4) is 0 Å². The van der Waals surface area contributed by atoms with Crippen molar-refractivity contribution in [1.82, 2.24) is 14.5 Å². The highest BCUT2D eigenvalue weighted by Crippen LogP contribution is 2.37. The molecule has 0 saturated heterocycles. The Morgan fingerprint density at radius 1 is 1.08 bits per heavy atom. The molecular formula is C19H20N4O. The van der Waals surface area contributed by atoms with E-state index in [4.69, 9.17) is 10.5 Å². The average molecular weight is 320 g/mol. The first-order chi connectivity index (χ1) is 11.8. The standard InChI is InChI=1S/C19H20N4O/c20-18-10-15(6-7-21-18)19-22-8-9-23(19)16-11-17(12-16)24-13-14-4-2-1-3-5-14/h1-10,16-17H,11-13H2,(H2,20,21). The molecule has 0 aliphatic heterocycles. The van der Waals surface area contributed by atoms with Gasteiger partial charge in [-0.3, -0.25) is 0 Å². The second-order valence-electron chi connectivity index (χ2n) is 6.17. The zero-order valence-corrected chi connectivity index (χ0v) is 13.4. The monoisotopic (exact) mass is 320 g/mol. The minimum atomic E-state index is 0.313. The summed E-state index contributed by atoms with van der Waals surface area (Å²) in [6, 6.07) is 14.5. The van der Waals surface area contributed by atoms with Gasteiger partial charge >= 0.3 is 0 Å². The zero-order valence-electron chi connectivity index (χ0n) is 13.4. The number of ether oxygens (including phenoxy) is 1. The predicted molar refractivity (Wildman–Crippen MR) is 93.2 cm³/mol. The van der Waals surface area contributed by atoms with E-state index in [0.717, 1.165) is 24.2 Å². The van der Waals surface area contributed by atoms with Crippen molar-refractivity contribution in [2.45, 2.75) is 31.6 Å². The van der Waals surface area contributed by atoms with Crippen LogP contribution >= 0.6 is 0 Å². The minimum Gasteiger partial charge on any atom is -0.384 e. The predicted octanol–water partition coefficient (Wildman–Crippen LogP) is 3.45. The Bertz CT molecular complexity index is 809. The zero-order chi connectivity index (χ0) is 16.4. The molecule has 24 heavy (non-hydrogen) atoms. The van der Waals surface area contributed by atoms with Crippen LogP contribution in [0.25, 0.3) is 11.4 Å². The fourth-order valence-corrected chi connectivity index (χ4v) is 3.11. The van der Waals surface area contributed by atoms with Crippen LogP contribution < -0.4 is 5.73 Å². The van der Waals surface area contributed by atoms with Crippen molar-refractivity contribution in [2.24, 2.45) is 0 Å². The van der Waals surface area contributed by atoms with Crippen molar-refractivity contribution in [3.8, 4) is 11.4 Å². The molecule has 0 amide bonds. The van der Waals surface area contributed by atoms with E-state index in [-0.39, 0.29) is 0 Å². The molecule has 4 rings (SSSR count). The summed E-state index contributed by atoms with van der Waals surface area (Å²) in [6.45, 7) is 0.676. The molecule has 3 aromatic rings. The number of anilines is 1. The second kappa shape index (κ2) is 6.45. The van der Waals surface area contributed by atoms with Gasteiger partial charge in [-0.15, -0.1) is 0 Å². The first-order valence-corrected chi connectivity index (χ1v) is 8.20. The van der Waals surface area contributed by atoms with Gasteiger partial charge in [0, 0.05) is 30.2 Å². The van der Waals surface area contributed by atoms with E-state index in [2.05, 4.69) is 26.7 Å². The maximum atomic E-state index is 5.99. The summed E-state index contributed by atoms with van der Waals surface area (Å²) in [5.74, 6) is 1.45. The fraction of sp³-hybridized carbons (Fsp3) is 0.263. The molecule has 2 aromatic heterocycles. The smallest absolute Gasteiger partial charge is 0.140 e. The summed E-state index contributed by atoms with van der Waals surface area (Å²) in [5, 5.41) is 0. The quantitative estimate of drug-likeness (QED) is 0.782. The maximum Gasteiger partial charge on any atom is 0.140 e. The third-order valence-electron chi connectivity index (χ3n) is 4.50. The van der Waals surface area contributed by atoms with Gasteiger partial charge < -0.3 is 15.0 Å². The number of hydrogen-bond acceptors (Lipinski definition) is 4. The molecule has 0 spiro atoms. The van der Waals surface area contributed by atoms with Crippen LogP contribution in [0.5, 0.6) is 0 Å². The summed E-state index contributed by atoms with van der Waals surface area (Å²) < 4.78 is 8.21. The molecule has 0 unspecified atom stereocenters. The van der Waals surface area contributed by atoms with Crippen LogP contribution in [-0.4, -0.2) is 20.6 Å². The van der Waals surface area contributed by atoms with Crippen LogP contribution in [0.2, 0.25) is 0 Å². The molecule has 1 fully saturated rings. The topological polar surface area (TPSA) is 66.0 Å². The van der Waals surface area contributed by atoms with E-state index < -0.39 is 0 Å². The van der Waals surface area contributed by atoms with Gasteiger partial charge in [0.05, 0.1) is 12.7 Å². The fourth-order valence-electron chi connectivity index (χ4n) is 3.11. The van der Waals surface area contributed by atoms with Crippen molar-refractivity contribution in [2.75, 3.05) is 5.73 Å². The highest BCUT2D eigenvalue weighted by molar-refractivity contribution is 5.59. The second-order valence-corrected chi connectivity index (χ2v) is 6.17. The summed E-state index contributed by atoms with van der Waals surface area (Å²) >= 11 is 0. The molecule has 2 heterocycles. The van der Waals surface area contributed by atoms with E-state index in [9.17, 15) is 0 Å². The molecule has 1 aromatic carbocycles. The Labute approximate surface area is 141 Å². The third kappa shape index (κ3) is 3.03. The number of nitrogen functional groups attached to an aromatic ring is 1. The summed E-state index contributed by atoms with van der Waals surface area (Å²) in [4.78, 5) is 8.53. The molecule has 2 N–H and O–H groups in total. The van der Waals surface area contributed by atoms with E-state index in [0.29, 0.717) is 24.6 Å². The normalized spacial score (nSPS) is 19.8. The Morgan fingerprint density at radius 3 is 2.71 bits per heavy atom. The van der Waals surface area contributed by atoms with Crippen molar-refractivity contribution in [3.05, 3.63) is 66.6 Å². The Balaban J connectivity index is 1.38. The number of nitrogens with zero attached hydrogens (tertiary/aromatic N) is 3. The van der Waals surface area contributed by atoms with Crippen molar-refractivity contribution >= 4 is 5.82 Å². The molecule has 122 valence electrons. The Hall–Kier alpha value is -2.66. The van der Waals surface area contributed by atoms with Gasteiger partial charge in [-0.25, -0.2) is 9.97 Å². The van der Waals surface area contributed by atoms with Crippen LogP contribution in [0.4, 0.5) is 5.82 Å². The largest absolute Gasteiger partial charge is 0.384 e. The maximum absolute atomic E-state index is 5.99. The van der Waals surface area contributed by atoms with Gasteiger partial charge in [0.1, 0.15) is 11.6 Å². The van der Waals surface area contributed by atoms with Crippen LogP contribution in [0, 0.1) is 0 Å². The number of hydrogen-bond donors (Lipinski definition) is 1. The number of nitrogens with two attached hydrogens (primary N) is 1. The van der Waals surface area contributed by atoms with Gasteiger partial charge in [0.25, 0.3) is 0 Å². The number of rotatable bonds is 5. The highest BCUT2D eigenvalue weighted by Gasteiger charge is 2.32. The molecular weight excluding hydrogens is 300 g/mol. The molecule has 5 heteroatoms. The highest BCUT2D eigenvalue weighted by atomic mass is 16.5. The summed E-state index contributed by atoms with van der Waals surface area (Å²) in [6.07, 6.45) is 7.92. The van der Waals surface area contributed by atoms with E-state index in [1.54, 1.807) is 6.20 Å². The molecule has 5 nitrogen and oxygen atoms in total. The summed E-state index contributed by atoms with van der Waals surface area (Å²) in [7, 11) is 0. The van der Waals surface area contributed by atoms with Crippen LogP contribution in [-0.2, 0) is 11.3 Å². The van der Waals surface area contributed by atoms with Crippen molar-refractivity contribution in [1.29, 1.82) is 0 Å². The van der Waals surface area contributed by atoms with E-state index in [1.165, 1.54) is 5.56 Å². The number of aromatic nitrogens is 3. The first kappa shape index (κ1) is 14.9.